The van der Waals surface area contributed by atoms with Gasteiger partial charge in [-0.25, -0.2) is 9.97 Å². The fraction of sp³-hybridized carbons (Fsp3) is 0.143. The first-order valence-electron chi connectivity index (χ1n) is 5.74. The highest BCUT2D eigenvalue weighted by molar-refractivity contribution is 7.13. The Labute approximate surface area is 125 Å². The van der Waals surface area contributed by atoms with Gasteiger partial charge in [0.05, 0.1) is 20.8 Å². The van der Waals surface area contributed by atoms with Gasteiger partial charge in [0, 0.05) is 0 Å². The van der Waals surface area contributed by atoms with Crippen LogP contribution in [-0.2, 0) is 0 Å². The van der Waals surface area contributed by atoms with Gasteiger partial charge in [0.1, 0.15) is 5.15 Å². The predicted molar refractivity (Wildman–Crippen MR) is 82.3 cm³/mol. The zero-order valence-corrected chi connectivity index (χ0v) is 12.7. The lowest BCUT2D eigenvalue weighted by Crippen LogP contribution is -1.94. The van der Waals surface area contributed by atoms with Crippen LogP contribution in [-0.4, -0.2) is 9.97 Å². The highest BCUT2D eigenvalue weighted by atomic mass is 35.5. The Bertz CT molecular complexity index is 780. The Hall–Kier alpha value is -1.16. The van der Waals surface area contributed by atoms with E-state index in [1.54, 1.807) is 11.3 Å². The van der Waals surface area contributed by atoms with E-state index in [0.717, 1.165) is 26.9 Å². The van der Waals surface area contributed by atoms with Gasteiger partial charge in [-0.1, -0.05) is 29.3 Å². The Morgan fingerprint density at radius 2 is 1.79 bits per heavy atom. The van der Waals surface area contributed by atoms with Gasteiger partial charge in [0.25, 0.3) is 0 Å². The van der Waals surface area contributed by atoms with Crippen molar-refractivity contribution in [1.82, 2.24) is 9.97 Å². The summed E-state index contributed by atoms with van der Waals surface area (Å²) in [5, 5.41) is 3.74. The fourth-order valence-electron chi connectivity index (χ4n) is 1.99. The van der Waals surface area contributed by atoms with Crippen molar-refractivity contribution in [3.63, 3.8) is 0 Å². The largest absolute Gasteiger partial charge is 0.227 e. The topological polar surface area (TPSA) is 25.8 Å². The summed E-state index contributed by atoms with van der Waals surface area (Å²) in [5.74, 6) is 0.662. The number of rotatable bonds is 1. The minimum Gasteiger partial charge on any atom is -0.227 e. The number of halogens is 2. The van der Waals surface area contributed by atoms with E-state index in [2.05, 4.69) is 9.97 Å². The summed E-state index contributed by atoms with van der Waals surface area (Å²) in [6, 6.07) is 5.82. The van der Waals surface area contributed by atoms with Gasteiger partial charge >= 0.3 is 0 Å². The van der Waals surface area contributed by atoms with Gasteiger partial charge in [-0.3, -0.25) is 0 Å². The number of aryl methyl sites for hydroxylation is 2. The molecule has 2 nitrogen and oxygen atoms in total. The standard InChI is InChI=1S/C14H10Cl2N2S/c1-7-3-4-9(15)10-11(7)17-14(18-13(10)16)12-8(2)5-6-19-12/h3-6H,1-2H3. The van der Waals surface area contributed by atoms with Gasteiger partial charge in [-0.05, 0) is 42.5 Å². The molecule has 0 fully saturated rings. The summed E-state index contributed by atoms with van der Waals surface area (Å²) in [6.07, 6.45) is 0. The minimum atomic E-state index is 0.404. The van der Waals surface area contributed by atoms with Crippen LogP contribution in [0.3, 0.4) is 0 Å². The molecule has 0 aliphatic rings. The Morgan fingerprint density at radius 1 is 1.00 bits per heavy atom. The molecule has 0 unspecified atom stereocenters. The summed E-state index contributed by atoms with van der Waals surface area (Å²) in [6.45, 7) is 4.03. The lowest BCUT2D eigenvalue weighted by molar-refractivity contribution is 1.22. The molecule has 2 heterocycles. The first kappa shape index (κ1) is 12.9. The van der Waals surface area contributed by atoms with Crippen LogP contribution in [0.15, 0.2) is 23.6 Å². The number of nitrogens with zero attached hydrogens (tertiary/aromatic N) is 2. The monoisotopic (exact) mass is 308 g/mol. The van der Waals surface area contributed by atoms with Crippen LogP contribution < -0.4 is 0 Å². The first-order chi connectivity index (χ1) is 9.08. The van der Waals surface area contributed by atoms with Crippen LogP contribution in [0.2, 0.25) is 10.2 Å². The molecule has 2 aromatic heterocycles. The van der Waals surface area contributed by atoms with E-state index < -0.39 is 0 Å². The van der Waals surface area contributed by atoms with Crippen molar-refractivity contribution in [1.29, 1.82) is 0 Å². The van der Waals surface area contributed by atoms with Gasteiger partial charge in [0.15, 0.2) is 5.82 Å². The van der Waals surface area contributed by atoms with E-state index in [1.807, 2.05) is 37.4 Å². The van der Waals surface area contributed by atoms with Crippen molar-refractivity contribution < 1.29 is 0 Å². The Morgan fingerprint density at radius 3 is 2.47 bits per heavy atom. The van der Waals surface area contributed by atoms with E-state index >= 15 is 0 Å². The molecule has 0 bridgehead atoms. The second-order valence-electron chi connectivity index (χ2n) is 4.36. The number of hydrogen-bond acceptors (Lipinski definition) is 3. The van der Waals surface area contributed by atoms with Gasteiger partial charge in [-0.15, -0.1) is 11.3 Å². The van der Waals surface area contributed by atoms with Crippen molar-refractivity contribution in [2.24, 2.45) is 0 Å². The SMILES string of the molecule is Cc1ccsc1-c1nc(Cl)c2c(Cl)ccc(C)c2n1. The number of hydrogen-bond donors (Lipinski definition) is 0. The summed E-state index contributed by atoms with van der Waals surface area (Å²) in [5.41, 5.74) is 3.01. The number of thiophene rings is 1. The molecule has 96 valence electrons. The molecule has 0 spiro atoms. The van der Waals surface area contributed by atoms with Crippen LogP contribution in [0.1, 0.15) is 11.1 Å². The first-order valence-corrected chi connectivity index (χ1v) is 7.38. The molecule has 0 radical (unpaired) electrons. The quantitative estimate of drug-likeness (QED) is 0.571. The van der Waals surface area contributed by atoms with Crippen LogP contribution in [0.25, 0.3) is 21.6 Å². The number of fused-ring (bicyclic) bond motifs is 1. The lowest BCUT2D eigenvalue weighted by atomic mass is 10.1. The summed E-state index contributed by atoms with van der Waals surface area (Å²) in [7, 11) is 0. The predicted octanol–water partition coefficient (Wildman–Crippen LogP) is 5.28. The number of aromatic nitrogens is 2. The van der Waals surface area contributed by atoms with Crippen LogP contribution >= 0.6 is 34.5 Å². The van der Waals surface area contributed by atoms with Crippen molar-refractivity contribution in [3.05, 3.63) is 44.9 Å². The molecular formula is C14H10Cl2N2S. The van der Waals surface area contributed by atoms with Crippen molar-refractivity contribution in [2.45, 2.75) is 13.8 Å². The molecule has 0 amide bonds. The van der Waals surface area contributed by atoms with Crippen LogP contribution in [0.4, 0.5) is 0 Å². The maximum atomic E-state index is 6.28. The molecule has 0 aliphatic carbocycles. The molecule has 0 saturated carbocycles. The summed E-state index contributed by atoms with van der Waals surface area (Å²) >= 11 is 14.1. The van der Waals surface area contributed by atoms with Gasteiger partial charge in [-0.2, -0.15) is 0 Å². The molecular weight excluding hydrogens is 299 g/mol. The third-order valence-corrected chi connectivity index (χ3v) is 4.62. The normalized spacial score (nSPS) is 11.2. The van der Waals surface area contributed by atoms with E-state index in [1.165, 1.54) is 0 Å². The minimum absolute atomic E-state index is 0.404. The van der Waals surface area contributed by atoms with Crippen LogP contribution in [0, 0.1) is 13.8 Å². The molecule has 0 aliphatic heterocycles. The maximum Gasteiger partial charge on any atom is 0.171 e. The third kappa shape index (κ3) is 2.12. The second kappa shape index (κ2) is 4.75. The smallest absolute Gasteiger partial charge is 0.171 e. The highest BCUT2D eigenvalue weighted by Crippen LogP contribution is 2.34. The highest BCUT2D eigenvalue weighted by Gasteiger charge is 2.14. The van der Waals surface area contributed by atoms with E-state index in [9.17, 15) is 0 Å². The fourth-order valence-corrected chi connectivity index (χ4v) is 3.41. The maximum absolute atomic E-state index is 6.28. The Balaban J connectivity index is 2.37. The average Bonchev–Trinajstić information content (AvgIpc) is 2.79. The molecule has 0 saturated heterocycles. The molecule has 3 rings (SSSR count). The Kier molecular flexibility index (Phi) is 3.21. The van der Waals surface area contributed by atoms with Crippen molar-refractivity contribution >= 4 is 45.4 Å². The van der Waals surface area contributed by atoms with E-state index in [4.69, 9.17) is 23.2 Å². The van der Waals surface area contributed by atoms with E-state index in [-0.39, 0.29) is 0 Å². The van der Waals surface area contributed by atoms with Gasteiger partial charge in [0.2, 0.25) is 0 Å². The average molecular weight is 309 g/mol. The third-order valence-electron chi connectivity index (χ3n) is 3.02. The molecule has 0 atom stereocenters. The summed E-state index contributed by atoms with van der Waals surface area (Å²) < 4.78 is 0. The van der Waals surface area contributed by atoms with Gasteiger partial charge < -0.3 is 0 Å². The molecule has 5 heteroatoms. The molecule has 3 aromatic rings. The molecule has 1 aromatic carbocycles. The summed E-state index contributed by atoms with van der Waals surface area (Å²) in [4.78, 5) is 10.1. The molecule has 19 heavy (non-hydrogen) atoms. The van der Waals surface area contributed by atoms with Crippen molar-refractivity contribution in [2.75, 3.05) is 0 Å². The van der Waals surface area contributed by atoms with Crippen molar-refractivity contribution in [3.8, 4) is 10.7 Å². The molecule has 0 N–H and O–H groups in total. The van der Waals surface area contributed by atoms with E-state index in [0.29, 0.717) is 16.0 Å². The second-order valence-corrected chi connectivity index (χ2v) is 6.04. The van der Waals surface area contributed by atoms with Crippen LogP contribution in [0.5, 0.6) is 0 Å². The lowest BCUT2D eigenvalue weighted by Gasteiger charge is -2.07. The number of benzene rings is 1. The zero-order valence-electron chi connectivity index (χ0n) is 10.4. The zero-order chi connectivity index (χ0) is 13.6.